The summed E-state index contributed by atoms with van der Waals surface area (Å²) < 4.78 is 49.2. The van der Waals surface area contributed by atoms with Crippen molar-refractivity contribution >= 4 is 43.4 Å². The lowest BCUT2D eigenvalue weighted by molar-refractivity contribution is 0.0947. The minimum atomic E-state index is -4.10. The summed E-state index contributed by atoms with van der Waals surface area (Å²) in [5.74, 6) is 0.632. The molecule has 0 spiro atoms. The third-order valence-corrected chi connectivity index (χ3v) is 8.62. The Morgan fingerprint density at radius 3 is 2.38 bits per heavy atom. The van der Waals surface area contributed by atoms with Crippen molar-refractivity contribution < 1.29 is 22.3 Å². The average molecular weight is 655 g/mol. The lowest BCUT2D eigenvalue weighted by Gasteiger charge is -2.35. The number of carbonyl (C=O) groups is 1. The number of aromatic nitrogens is 1. The number of nitrogens with one attached hydrogen (secondary N) is 2. The molecule has 5 rings (SSSR count). The summed E-state index contributed by atoms with van der Waals surface area (Å²) in [6, 6.07) is 21.9. The van der Waals surface area contributed by atoms with Crippen molar-refractivity contribution in [1.82, 2.24) is 15.2 Å². The minimum absolute atomic E-state index is 0.0550. The van der Waals surface area contributed by atoms with Crippen LogP contribution in [0.15, 0.2) is 100 Å². The number of halogens is 2. The van der Waals surface area contributed by atoms with Crippen LogP contribution in [0.25, 0.3) is 0 Å². The molecule has 42 heavy (non-hydrogen) atoms. The Hall–Kier alpha value is -4.00. The molecule has 0 unspecified atom stereocenters. The molecule has 12 heteroatoms. The third-order valence-electron chi connectivity index (χ3n) is 6.71. The number of rotatable bonds is 10. The zero-order valence-corrected chi connectivity index (χ0v) is 24.9. The van der Waals surface area contributed by atoms with Gasteiger partial charge in [-0.25, -0.2) is 17.8 Å². The van der Waals surface area contributed by atoms with E-state index >= 15 is 0 Å². The van der Waals surface area contributed by atoms with Crippen molar-refractivity contribution in [1.29, 1.82) is 0 Å². The van der Waals surface area contributed by atoms with E-state index in [4.69, 9.17) is 4.74 Å². The molecule has 1 aromatic heterocycles. The SMILES string of the molecule is O=C(NCCN1CCN(c2ccccn2)CC1)c1ccc(S(=O)(=O)Nc2cc(F)ccc2Oc2ccc(Br)cc2)cc1. The molecule has 4 aromatic rings. The van der Waals surface area contributed by atoms with E-state index in [0.29, 0.717) is 24.4 Å². The van der Waals surface area contributed by atoms with Gasteiger partial charge in [-0.15, -0.1) is 0 Å². The topological polar surface area (TPSA) is 104 Å². The van der Waals surface area contributed by atoms with Gasteiger partial charge >= 0.3 is 0 Å². The molecule has 1 aliphatic heterocycles. The molecular weight excluding hydrogens is 625 g/mol. The fourth-order valence-electron chi connectivity index (χ4n) is 4.46. The number of ether oxygens (including phenoxy) is 1. The number of pyridine rings is 1. The number of nitrogens with zero attached hydrogens (tertiary/aromatic N) is 3. The largest absolute Gasteiger partial charge is 0.455 e. The number of benzene rings is 3. The van der Waals surface area contributed by atoms with Gasteiger partial charge in [-0.2, -0.15) is 0 Å². The Morgan fingerprint density at radius 1 is 0.952 bits per heavy atom. The maximum absolute atomic E-state index is 14.0. The number of hydrogen-bond donors (Lipinski definition) is 2. The van der Waals surface area contributed by atoms with E-state index in [-0.39, 0.29) is 22.2 Å². The fraction of sp³-hybridized carbons (Fsp3) is 0.200. The van der Waals surface area contributed by atoms with Crippen molar-refractivity contribution in [2.75, 3.05) is 48.9 Å². The molecule has 3 aromatic carbocycles. The van der Waals surface area contributed by atoms with Crippen molar-refractivity contribution in [2.45, 2.75) is 4.90 Å². The van der Waals surface area contributed by atoms with Gasteiger partial charge in [0.05, 0.1) is 10.6 Å². The Kier molecular flexibility index (Phi) is 9.35. The molecule has 0 aliphatic carbocycles. The second kappa shape index (κ2) is 13.3. The van der Waals surface area contributed by atoms with Crippen LogP contribution in [0.3, 0.4) is 0 Å². The van der Waals surface area contributed by atoms with E-state index in [9.17, 15) is 17.6 Å². The van der Waals surface area contributed by atoms with Gasteiger partial charge in [0.2, 0.25) is 0 Å². The number of hydrogen-bond acceptors (Lipinski definition) is 7. The lowest BCUT2D eigenvalue weighted by Crippen LogP contribution is -2.48. The van der Waals surface area contributed by atoms with E-state index in [1.54, 1.807) is 30.5 Å². The Balaban J connectivity index is 1.14. The molecule has 1 fully saturated rings. The van der Waals surface area contributed by atoms with Crippen LogP contribution in [0.4, 0.5) is 15.9 Å². The molecule has 0 atom stereocenters. The smallest absolute Gasteiger partial charge is 0.262 e. The van der Waals surface area contributed by atoms with Crippen LogP contribution >= 0.6 is 15.9 Å². The number of anilines is 2. The first kappa shape index (κ1) is 29.5. The van der Waals surface area contributed by atoms with Crippen LogP contribution in [0.1, 0.15) is 10.4 Å². The van der Waals surface area contributed by atoms with E-state index in [1.807, 2.05) is 18.2 Å². The number of carbonyl (C=O) groups excluding carboxylic acids is 1. The molecule has 9 nitrogen and oxygen atoms in total. The van der Waals surface area contributed by atoms with Crippen molar-refractivity contribution in [3.8, 4) is 11.5 Å². The molecule has 0 radical (unpaired) electrons. The predicted molar refractivity (Wildman–Crippen MR) is 163 cm³/mol. The van der Waals surface area contributed by atoms with Crippen LogP contribution in [-0.4, -0.2) is 63.5 Å². The Bertz CT molecular complexity index is 1620. The van der Waals surface area contributed by atoms with Crippen molar-refractivity contribution in [3.05, 3.63) is 107 Å². The molecule has 1 aliphatic rings. The first-order valence-electron chi connectivity index (χ1n) is 13.3. The van der Waals surface area contributed by atoms with Crippen LogP contribution in [0.5, 0.6) is 11.5 Å². The molecule has 218 valence electrons. The molecule has 1 saturated heterocycles. The summed E-state index contributed by atoms with van der Waals surface area (Å²) in [5, 5.41) is 2.89. The highest BCUT2D eigenvalue weighted by Gasteiger charge is 2.20. The summed E-state index contributed by atoms with van der Waals surface area (Å²) in [6.07, 6.45) is 1.79. The monoisotopic (exact) mass is 653 g/mol. The lowest BCUT2D eigenvalue weighted by atomic mass is 10.2. The van der Waals surface area contributed by atoms with Gasteiger partial charge < -0.3 is 15.0 Å². The van der Waals surface area contributed by atoms with Crippen LogP contribution in [-0.2, 0) is 10.0 Å². The van der Waals surface area contributed by atoms with Gasteiger partial charge in [0.15, 0.2) is 5.75 Å². The molecule has 0 saturated carbocycles. The highest BCUT2D eigenvalue weighted by Crippen LogP contribution is 2.32. The maximum atomic E-state index is 14.0. The van der Waals surface area contributed by atoms with E-state index < -0.39 is 15.8 Å². The zero-order valence-electron chi connectivity index (χ0n) is 22.5. The highest BCUT2D eigenvalue weighted by molar-refractivity contribution is 9.10. The zero-order chi connectivity index (χ0) is 29.5. The van der Waals surface area contributed by atoms with Gasteiger partial charge in [-0.1, -0.05) is 22.0 Å². The van der Waals surface area contributed by atoms with E-state index in [0.717, 1.165) is 42.5 Å². The third kappa shape index (κ3) is 7.64. The quantitative estimate of drug-likeness (QED) is 0.245. The molecule has 2 heterocycles. The Morgan fingerprint density at radius 2 is 1.69 bits per heavy atom. The van der Waals surface area contributed by atoms with E-state index in [2.05, 4.69) is 40.8 Å². The number of piperazine rings is 1. The fourth-order valence-corrected chi connectivity index (χ4v) is 5.79. The van der Waals surface area contributed by atoms with Gasteiger partial charge in [-0.05, 0) is 72.8 Å². The molecule has 1 amide bonds. The van der Waals surface area contributed by atoms with Crippen molar-refractivity contribution in [3.63, 3.8) is 0 Å². The van der Waals surface area contributed by atoms with Crippen LogP contribution in [0.2, 0.25) is 0 Å². The van der Waals surface area contributed by atoms with Gasteiger partial charge in [0.25, 0.3) is 15.9 Å². The maximum Gasteiger partial charge on any atom is 0.262 e. The van der Waals surface area contributed by atoms with Gasteiger partial charge in [0, 0.05) is 61.6 Å². The summed E-state index contributed by atoms with van der Waals surface area (Å²) in [4.78, 5) is 21.5. The average Bonchev–Trinajstić information content (AvgIpc) is 3.00. The molecule has 2 N–H and O–H groups in total. The summed E-state index contributed by atoms with van der Waals surface area (Å²) in [5.41, 5.74) is 0.277. The number of amides is 1. The second-order valence-electron chi connectivity index (χ2n) is 9.60. The summed E-state index contributed by atoms with van der Waals surface area (Å²) in [7, 11) is -4.10. The normalized spacial score (nSPS) is 13.9. The molecule has 0 bridgehead atoms. The van der Waals surface area contributed by atoms with E-state index in [1.165, 1.54) is 36.4 Å². The highest BCUT2D eigenvalue weighted by atomic mass is 79.9. The first-order valence-corrected chi connectivity index (χ1v) is 15.6. The Labute approximate surface area is 252 Å². The van der Waals surface area contributed by atoms with Gasteiger partial charge in [-0.3, -0.25) is 14.4 Å². The van der Waals surface area contributed by atoms with Crippen LogP contribution < -0.4 is 19.7 Å². The standard InChI is InChI=1S/C30H29BrFN5O4S/c31-23-6-9-25(10-7-23)41-28-13-8-24(32)21-27(28)35-42(39,40)26-11-4-22(5-12-26)30(38)34-15-16-36-17-19-37(20-18-36)29-3-1-2-14-33-29/h1-14,21,35H,15-20H2,(H,34,38). The number of sulfonamides is 1. The summed E-state index contributed by atoms with van der Waals surface area (Å²) in [6.45, 7) is 4.63. The minimum Gasteiger partial charge on any atom is -0.455 e. The first-order chi connectivity index (χ1) is 20.3. The van der Waals surface area contributed by atoms with Gasteiger partial charge in [0.1, 0.15) is 17.4 Å². The predicted octanol–water partition coefficient (Wildman–Crippen LogP) is 5.13. The summed E-state index contributed by atoms with van der Waals surface area (Å²) >= 11 is 3.34. The second-order valence-corrected chi connectivity index (χ2v) is 12.2. The van der Waals surface area contributed by atoms with Crippen molar-refractivity contribution in [2.24, 2.45) is 0 Å². The molecular formula is C30H29BrFN5O4S. The van der Waals surface area contributed by atoms with Crippen LogP contribution in [0, 0.1) is 5.82 Å².